The molecule has 0 aliphatic carbocycles. The van der Waals surface area contributed by atoms with E-state index >= 15 is 0 Å². The van der Waals surface area contributed by atoms with Gasteiger partial charge in [-0.25, -0.2) is 0 Å². The predicted octanol–water partition coefficient (Wildman–Crippen LogP) is 4.45. The van der Waals surface area contributed by atoms with E-state index in [0.29, 0.717) is 0 Å². The minimum Gasteiger partial charge on any atom is -0.285 e. The largest absolute Gasteiger partial charge is 0.285 e. The number of rotatable bonds is 7. The minimum absolute atomic E-state index is 0.230. The van der Waals surface area contributed by atoms with Crippen LogP contribution in [0.25, 0.3) is 0 Å². The lowest BCUT2D eigenvalue weighted by Crippen LogP contribution is -2.30. The van der Waals surface area contributed by atoms with Gasteiger partial charge in [0.2, 0.25) is 0 Å². The third-order valence-electron chi connectivity index (χ3n) is 3.32. The molecular formula is C19H21N. The molecular weight excluding hydrogens is 241 g/mol. The topological polar surface area (TPSA) is 3.24 Å². The van der Waals surface area contributed by atoms with Crippen LogP contribution < -0.4 is 0 Å². The zero-order valence-electron chi connectivity index (χ0n) is 11.8. The van der Waals surface area contributed by atoms with Crippen molar-refractivity contribution in [1.29, 1.82) is 0 Å². The Bertz CT molecular complexity index is 481. The third-order valence-corrected chi connectivity index (χ3v) is 3.32. The van der Waals surface area contributed by atoms with Crippen LogP contribution in [0, 0.1) is 0 Å². The van der Waals surface area contributed by atoms with Gasteiger partial charge in [0, 0.05) is 13.1 Å². The fourth-order valence-corrected chi connectivity index (χ4v) is 2.50. The molecule has 0 bridgehead atoms. The summed E-state index contributed by atoms with van der Waals surface area (Å²) in [7, 11) is 0. The first kappa shape index (κ1) is 14.3. The van der Waals surface area contributed by atoms with Crippen molar-refractivity contribution in [1.82, 2.24) is 4.90 Å². The molecule has 0 fully saturated rings. The fraction of sp³-hybridized carbons (Fsp3) is 0.158. The lowest BCUT2D eigenvalue weighted by atomic mass is 9.59. The molecule has 1 nitrogen and oxygen atoms in total. The second kappa shape index (κ2) is 7.46. The van der Waals surface area contributed by atoms with Gasteiger partial charge in [-0.05, 0) is 11.1 Å². The first-order chi connectivity index (χ1) is 9.86. The van der Waals surface area contributed by atoms with Crippen molar-refractivity contribution in [2.45, 2.75) is 6.04 Å². The molecule has 0 N–H and O–H groups in total. The van der Waals surface area contributed by atoms with Crippen LogP contribution in [0.3, 0.4) is 0 Å². The molecule has 0 spiro atoms. The molecule has 102 valence electrons. The smallest absolute Gasteiger partial charge is 0.0607 e. The molecule has 1 heteroatoms. The number of hydrogen-bond acceptors (Lipinski definition) is 1. The summed E-state index contributed by atoms with van der Waals surface area (Å²) >= 11 is 0. The fourth-order valence-electron chi connectivity index (χ4n) is 2.50. The van der Waals surface area contributed by atoms with Gasteiger partial charge >= 0.3 is 0 Å². The molecule has 2 aromatic carbocycles. The molecule has 0 unspecified atom stereocenters. The van der Waals surface area contributed by atoms with Crippen LogP contribution in [0.15, 0.2) is 86.0 Å². The van der Waals surface area contributed by atoms with Crippen molar-refractivity contribution in [2.24, 2.45) is 0 Å². The summed E-state index contributed by atoms with van der Waals surface area (Å²) < 4.78 is 0. The van der Waals surface area contributed by atoms with E-state index in [9.17, 15) is 0 Å². The maximum Gasteiger partial charge on any atom is 0.0607 e. The zero-order chi connectivity index (χ0) is 14.2. The molecule has 0 saturated carbocycles. The van der Waals surface area contributed by atoms with E-state index in [1.54, 1.807) is 0 Å². The average Bonchev–Trinajstić information content (AvgIpc) is 2.50. The number of benzene rings is 2. The molecule has 0 radical (unpaired) electrons. The summed E-state index contributed by atoms with van der Waals surface area (Å²) in [5.74, 6) is 0. The molecule has 0 heterocycles. The van der Waals surface area contributed by atoms with E-state index < -0.39 is 0 Å². The highest BCUT2D eigenvalue weighted by molar-refractivity contribution is 5.32. The summed E-state index contributed by atoms with van der Waals surface area (Å²) in [5, 5.41) is 0. The minimum atomic E-state index is 0.230. The molecule has 0 aliphatic rings. The van der Waals surface area contributed by atoms with Crippen molar-refractivity contribution >= 4 is 0 Å². The summed E-state index contributed by atoms with van der Waals surface area (Å²) in [6.45, 7) is 9.42. The maximum absolute atomic E-state index is 3.88. The van der Waals surface area contributed by atoms with E-state index in [-0.39, 0.29) is 6.04 Å². The van der Waals surface area contributed by atoms with Crippen molar-refractivity contribution in [3.63, 3.8) is 0 Å². The second-order valence-corrected chi connectivity index (χ2v) is 4.76. The SMILES string of the molecule is C=CCN(CC=C)[11CH](c1ccccc1)c1ccccc1. The van der Waals surface area contributed by atoms with E-state index in [2.05, 4.69) is 78.7 Å². The van der Waals surface area contributed by atoms with Gasteiger partial charge in [-0.3, -0.25) is 4.90 Å². The molecule has 2 aromatic rings. The van der Waals surface area contributed by atoms with Crippen molar-refractivity contribution in [3.05, 3.63) is 97.1 Å². The van der Waals surface area contributed by atoms with Crippen LogP contribution in [-0.4, -0.2) is 18.0 Å². The number of nitrogens with zero attached hydrogens (tertiary/aromatic N) is 1. The Morgan fingerprint density at radius 1 is 0.750 bits per heavy atom. The Balaban J connectivity index is 2.42. The monoisotopic (exact) mass is 262 g/mol. The van der Waals surface area contributed by atoms with Crippen LogP contribution in [0.2, 0.25) is 0 Å². The lowest BCUT2D eigenvalue weighted by molar-refractivity contribution is 0.278. The Morgan fingerprint density at radius 2 is 1.15 bits per heavy atom. The Hall–Kier alpha value is -2.12. The summed E-state index contributed by atoms with van der Waals surface area (Å²) in [5.41, 5.74) is 2.59. The molecule has 0 aromatic heterocycles. The van der Waals surface area contributed by atoms with Gasteiger partial charge in [0.15, 0.2) is 0 Å². The Morgan fingerprint density at radius 3 is 1.50 bits per heavy atom. The van der Waals surface area contributed by atoms with Crippen LogP contribution >= 0.6 is 0 Å². The highest BCUT2D eigenvalue weighted by Gasteiger charge is 2.20. The van der Waals surface area contributed by atoms with Crippen molar-refractivity contribution in [2.75, 3.05) is 13.1 Å². The van der Waals surface area contributed by atoms with Gasteiger partial charge in [0.05, 0.1) is 6.04 Å². The van der Waals surface area contributed by atoms with Gasteiger partial charge in [0.25, 0.3) is 0 Å². The van der Waals surface area contributed by atoms with Gasteiger partial charge < -0.3 is 0 Å². The third kappa shape index (κ3) is 3.46. The summed E-state index contributed by atoms with van der Waals surface area (Å²) in [6, 6.07) is 21.4. The van der Waals surface area contributed by atoms with E-state index in [0.717, 1.165) is 13.1 Å². The lowest BCUT2D eigenvalue weighted by Gasteiger charge is -2.30. The van der Waals surface area contributed by atoms with Crippen LogP contribution in [0.1, 0.15) is 17.2 Å². The highest BCUT2D eigenvalue weighted by atomic mass is 15.1. The van der Waals surface area contributed by atoms with Gasteiger partial charge in [-0.15, -0.1) is 13.2 Å². The standard InChI is InChI=1S/C19H21N/c1-3-15-20(16-4-2)19(17-11-7-5-8-12-17)18-13-9-6-10-14-18/h3-14,19H,1-2,15-16H2/i19-1. The normalized spacial score (nSPS) is 10.7. The van der Waals surface area contributed by atoms with Crippen molar-refractivity contribution in [3.8, 4) is 0 Å². The Labute approximate surface area is 121 Å². The van der Waals surface area contributed by atoms with Crippen LogP contribution in [-0.2, 0) is 0 Å². The predicted molar refractivity (Wildman–Crippen MR) is 86.7 cm³/mol. The van der Waals surface area contributed by atoms with Gasteiger partial charge in [-0.2, -0.15) is 0 Å². The Kier molecular flexibility index (Phi) is 5.33. The summed E-state index contributed by atoms with van der Waals surface area (Å²) in [6.07, 6.45) is 3.89. The quantitative estimate of drug-likeness (QED) is 0.666. The second-order valence-electron chi connectivity index (χ2n) is 4.76. The molecule has 0 saturated heterocycles. The van der Waals surface area contributed by atoms with Crippen molar-refractivity contribution < 1.29 is 0 Å². The molecule has 20 heavy (non-hydrogen) atoms. The van der Waals surface area contributed by atoms with E-state index in [1.165, 1.54) is 11.1 Å². The van der Waals surface area contributed by atoms with Crippen LogP contribution in [0.4, 0.5) is 0 Å². The molecule has 2 rings (SSSR count). The molecule has 0 atom stereocenters. The molecule has 0 aliphatic heterocycles. The first-order valence-corrected chi connectivity index (χ1v) is 6.92. The molecule has 0 amide bonds. The summed E-state index contributed by atoms with van der Waals surface area (Å²) in [4.78, 5) is 2.37. The van der Waals surface area contributed by atoms with E-state index in [1.807, 2.05) is 12.2 Å². The van der Waals surface area contributed by atoms with Crippen LogP contribution in [0.5, 0.6) is 0 Å². The maximum atomic E-state index is 3.88. The zero-order valence-corrected chi connectivity index (χ0v) is 11.8. The number of hydrogen-bond donors (Lipinski definition) is 0. The van der Waals surface area contributed by atoms with E-state index in [4.69, 9.17) is 0 Å². The first-order valence-electron chi connectivity index (χ1n) is 6.92. The van der Waals surface area contributed by atoms with Gasteiger partial charge in [-0.1, -0.05) is 72.8 Å². The highest BCUT2D eigenvalue weighted by Crippen LogP contribution is 2.28. The average molecular weight is 262 g/mol. The van der Waals surface area contributed by atoms with Gasteiger partial charge in [0.1, 0.15) is 0 Å².